The van der Waals surface area contributed by atoms with Crippen LogP contribution in [-0.2, 0) is 19.1 Å². The van der Waals surface area contributed by atoms with Crippen LogP contribution in [0.2, 0.25) is 0 Å². The van der Waals surface area contributed by atoms with Crippen LogP contribution >= 0.6 is 11.6 Å². The molecule has 9 heteroatoms. The second-order valence-electron chi connectivity index (χ2n) is 6.55. The molecule has 1 aromatic carbocycles. The van der Waals surface area contributed by atoms with Gasteiger partial charge in [-0.2, -0.15) is 0 Å². The summed E-state index contributed by atoms with van der Waals surface area (Å²) in [6, 6.07) is 5.23. The van der Waals surface area contributed by atoms with Crippen molar-refractivity contribution >= 4 is 34.6 Å². The quantitative estimate of drug-likeness (QED) is 0.598. The van der Waals surface area contributed by atoms with E-state index in [1.54, 1.807) is 39.0 Å². The van der Waals surface area contributed by atoms with Crippen molar-refractivity contribution in [3.8, 4) is 0 Å². The molecule has 0 spiro atoms. The number of nitrogens with one attached hydrogen (secondary N) is 1. The topological polar surface area (TPSA) is 104 Å². The summed E-state index contributed by atoms with van der Waals surface area (Å²) in [6.45, 7) is 5.23. The van der Waals surface area contributed by atoms with Crippen LogP contribution in [-0.4, -0.2) is 41.3 Å². The molecule has 1 aromatic heterocycles. The Morgan fingerprint density at radius 3 is 2.64 bits per heavy atom. The lowest BCUT2D eigenvalue weighted by atomic mass is 9.80. The largest absolute Gasteiger partial charge is 0.466 e. The summed E-state index contributed by atoms with van der Waals surface area (Å²) < 4.78 is 15.3. The third-order valence-corrected chi connectivity index (χ3v) is 4.64. The number of fused-ring (bicyclic) bond motifs is 1. The van der Waals surface area contributed by atoms with Gasteiger partial charge in [-0.25, -0.2) is 14.2 Å². The summed E-state index contributed by atoms with van der Waals surface area (Å²) in [7, 11) is 1.27. The van der Waals surface area contributed by atoms with E-state index < -0.39 is 17.9 Å². The fourth-order valence-corrected chi connectivity index (χ4v) is 3.48. The Bertz CT molecular complexity index is 992. The molecular formula is C19H20ClN3O5. The molecule has 0 fully saturated rings. The van der Waals surface area contributed by atoms with Gasteiger partial charge in [0.05, 0.1) is 36.2 Å². The van der Waals surface area contributed by atoms with E-state index in [9.17, 15) is 9.59 Å². The van der Waals surface area contributed by atoms with E-state index >= 15 is 0 Å². The molecule has 1 aliphatic heterocycles. The molecule has 0 saturated carbocycles. The summed E-state index contributed by atoms with van der Waals surface area (Å²) in [5, 5.41) is 10.8. The molecule has 0 radical (unpaired) electrons. The number of allylic oxidation sites excluding steroid dienone is 2. The van der Waals surface area contributed by atoms with Crippen LogP contribution in [0.1, 0.15) is 32.3 Å². The van der Waals surface area contributed by atoms with Crippen molar-refractivity contribution < 1.29 is 23.7 Å². The Morgan fingerprint density at radius 2 is 2.00 bits per heavy atom. The maximum atomic E-state index is 12.9. The number of halogens is 1. The second kappa shape index (κ2) is 8.02. The molecule has 3 rings (SSSR count). The van der Waals surface area contributed by atoms with E-state index in [2.05, 4.69) is 15.6 Å². The molecule has 0 bridgehead atoms. The minimum atomic E-state index is -0.802. The fourth-order valence-electron chi connectivity index (χ4n) is 3.27. The van der Waals surface area contributed by atoms with Crippen molar-refractivity contribution in [2.24, 2.45) is 0 Å². The van der Waals surface area contributed by atoms with Gasteiger partial charge in [0.15, 0.2) is 0 Å². The summed E-state index contributed by atoms with van der Waals surface area (Å²) in [4.78, 5) is 25.6. The summed E-state index contributed by atoms with van der Waals surface area (Å²) in [5.74, 6) is -1.93. The average molecular weight is 406 g/mol. The van der Waals surface area contributed by atoms with Gasteiger partial charge in [-0.3, -0.25) is 0 Å². The van der Waals surface area contributed by atoms with Gasteiger partial charge in [0, 0.05) is 11.4 Å². The minimum Gasteiger partial charge on any atom is -0.466 e. The number of nitrogens with zero attached hydrogens (tertiary/aromatic N) is 2. The number of carbonyl (C=O) groups excluding carboxylic acids is 2. The van der Waals surface area contributed by atoms with Crippen LogP contribution in [0.3, 0.4) is 0 Å². The molecule has 28 heavy (non-hydrogen) atoms. The number of hydrogen-bond acceptors (Lipinski definition) is 8. The first-order valence-electron chi connectivity index (χ1n) is 8.66. The van der Waals surface area contributed by atoms with E-state index in [-0.39, 0.29) is 23.1 Å². The maximum absolute atomic E-state index is 12.9. The number of aromatic nitrogens is 2. The lowest BCUT2D eigenvalue weighted by molar-refractivity contribution is -0.143. The van der Waals surface area contributed by atoms with Gasteiger partial charge >= 0.3 is 11.9 Å². The number of benzene rings is 1. The lowest BCUT2D eigenvalue weighted by Gasteiger charge is -2.31. The Labute approximate surface area is 166 Å². The fraction of sp³-hybridized carbons (Fsp3) is 0.368. The van der Waals surface area contributed by atoms with Crippen LogP contribution < -0.4 is 5.32 Å². The van der Waals surface area contributed by atoms with Crippen LogP contribution in [0, 0.1) is 0 Å². The zero-order chi connectivity index (χ0) is 20.4. The predicted octanol–water partition coefficient (Wildman–Crippen LogP) is 2.80. The van der Waals surface area contributed by atoms with Gasteiger partial charge < -0.3 is 14.8 Å². The van der Waals surface area contributed by atoms with E-state index in [1.165, 1.54) is 7.11 Å². The Kier molecular flexibility index (Phi) is 5.69. The smallest absolute Gasteiger partial charge is 0.337 e. The number of rotatable bonds is 5. The van der Waals surface area contributed by atoms with Gasteiger partial charge in [0.25, 0.3) is 0 Å². The lowest BCUT2D eigenvalue weighted by Crippen LogP contribution is -2.34. The number of hydrogen-bond donors (Lipinski definition) is 1. The number of methoxy groups -OCH3 is 1. The molecule has 1 atom stereocenters. The number of alkyl halides is 1. The van der Waals surface area contributed by atoms with Crippen molar-refractivity contribution in [1.29, 1.82) is 0 Å². The molecule has 2 heterocycles. The maximum Gasteiger partial charge on any atom is 0.337 e. The van der Waals surface area contributed by atoms with E-state index in [1.807, 2.05) is 0 Å². The number of dihydropyridines is 1. The third kappa shape index (κ3) is 3.47. The highest BCUT2D eigenvalue weighted by molar-refractivity contribution is 6.20. The van der Waals surface area contributed by atoms with E-state index in [0.717, 1.165) is 0 Å². The van der Waals surface area contributed by atoms with Gasteiger partial charge in [-0.1, -0.05) is 12.1 Å². The first kappa shape index (κ1) is 19.9. The molecule has 2 aromatic rings. The molecule has 148 valence electrons. The molecule has 0 amide bonds. The SMILES string of the molecule is COC(=O)C1=C(CCl)NC(C)=C(C(=O)OC(C)C)C1c1cccc2nonc12. The number of ether oxygens (including phenoxy) is 2. The van der Waals surface area contributed by atoms with E-state index in [0.29, 0.717) is 28.0 Å². The first-order chi connectivity index (χ1) is 13.4. The molecule has 1 unspecified atom stereocenters. The summed E-state index contributed by atoms with van der Waals surface area (Å²) >= 11 is 6.09. The zero-order valence-corrected chi connectivity index (χ0v) is 16.7. The van der Waals surface area contributed by atoms with Crippen LogP contribution in [0.25, 0.3) is 11.0 Å². The highest BCUT2D eigenvalue weighted by atomic mass is 35.5. The van der Waals surface area contributed by atoms with Crippen LogP contribution in [0.4, 0.5) is 0 Å². The van der Waals surface area contributed by atoms with Crippen molar-refractivity contribution in [1.82, 2.24) is 15.6 Å². The molecule has 1 aliphatic rings. The van der Waals surface area contributed by atoms with Gasteiger partial charge in [0.2, 0.25) is 0 Å². The van der Waals surface area contributed by atoms with Gasteiger partial charge in [-0.15, -0.1) is 11.6 Å². The normalized spacial score (nSPS) is 17.1. The van der Waals surface area contributed by atoms with E-state index in [4.69, 9.17) is 25.7 Å². The monoisotopic (exact) mass is 405 g/mol. The molecule has 0 saturated heterocycles. The zero-order valence-electron chi connectivity index (χ0n) is 15.9. The Balaban J connectivity index is 2.28. The van der Waals surface area contributed by atoms with Crippen molar-refractivity contribution in [3.63, 3.8) is 0 Å². The van der Waals surface area contributed by atoms with Crippen molar-refractivity contribution in [3.05, 3.63) is 46.3 Å². The summed E-state index contributed by atoms with van der Waals surface area (Å²) in [6.07, 6.45) is -0.335. The van der Waals surface area contributed by atoms with Gasteiger partial charge in [0.1, 0.15) is 11.0 Å². The molecular weight excluding hydrogens is 386 g/mol. The minimum absolute atomic E-state index is 0.0256. The predicted molar refractivity (Wildman–Crippen MR) is 101 cm³/mol. The van der Waals surface area contributed by atoms with Crippen molar-refractivity contribution in [2.75, 3.05) is 13.0 Å². The standard InChI is InChI=1S/C19H20ClN3O5/c1-9(2)27-19(25)14-10(3)21-13(8-20)16(18(24)26-4)15(14)11-6-5-7-12-17(11)23-28-22-12/h5-7,9,15,21H,8H2,1-4H3. The Morgan fingerprint density at radius 1 is 1.25 bits per heavy atom. The molecule has 8 nitrogen and oxygen atoms in total. The number of esters is 2. The van der Waals surface area contributed by atoms with Crippen molar-refractivity contribution in [2.45, 2.75) is 32.8 Å². The van der Waals surface area contributed by atoms with Crippen LogP contribution in [0.15, 0.2) is 45.4 Å². The Hall–Kier alpha value is -2.87. The van der Waals surface area contributed by atoms with Gasteiger partial charge in [-0.05, 0) is 42.7 Å². The highest BCUT2D eigenvalue weighted by Crippen LogP contribution is 2.41. The molecule has 0 aliphatic carbocycles. The third-order valence-electron chi connectivity index (χ3n) is 4.37. The van der Waals surface area contributed by atoms with Crippen LogP contribution in [0.5, 0.6) is 0 Å². The highest BCUT2D eigenvalue weighted by Gasteiger charge is 2.40. The number of carbonyl (C=O) groups is 2. The first-order valence-corrected chi connectivity index (χ1v) is 9.19. The second-order valence-corrected chi connectivity index (χ2v) is 6.81. The average Bonchev–Trinajstić information content (AvgIpc) is 3.14. The molecule has 1 N–H and O–H groups in total. The summed E-state index contributed by atoms with van der Waals surface area (Å²) in [5.41, 5.74) is 2.98.